The Balaban J connectivity index is 1.95. The molecule has 2 fully saturated rings. The van der Waals surface area contributed by atoms with E-state index in [9.17, 15) is 18.7 Å². The summed E-state index contributed by atoms with van der Waals surface area (Å²) < 4.78 is 41.9. The molecule has 26 heavy (non-hydrogen) atoms. The Morgan fingerprint density at radius 2 is 1.85 bits per heavy atom. The first kappa shape index (κ1) is 18.9. The third kappa shape index (κ3) is 3.64. The lowest BCUT2D eigenvalue weighted by molar-refractivity contribution is -0.0502. The van der Waals surface area contributed by atoms with Crippen molar-refractivity contribution >= 4 is 18.5 Å². The number of rotatable bonds is 5. The summed E-state index contributed by atoms with van der Waals surface area (Å²) in [6.07, 6.45) is 1.65. The van der Waals surface area contributed by atoms with Gasteiger partial charge < -0.3 is 24.5 Å². The van der Waals surface area contributed by atoms with Gasteiger partial charge in [0.15, 0.2) is 0 Å². The van der Waals surface area contributed by atoms with Gasteiger partial charge in [0.2, 0.25) is 0 Å². The number of ether oxygens (including phenoxy) is 1. The van der Waals surface area contributed by atoms with E-state index in [1.165, 1.54) is 12.1 Å². The highest BCUT2D eigenvalue weighted by Gasteiger charge is 2.52. The third-order valence-corrected chi connectivity index (χ3v) is 4.98. The van der Waals surface area contributed by atoms with Crippen LogP contribution in [0.5, 0.6) is 11.5 Å². The van der Waals surface area contributed by atoms with E-state index in [2.05, 4.69) is 10.1 Å². The van der Waals surface area contributed by atoms with Crippen LogP contribution in [0.25, 0.3) is 0 Å². The molecule has 1 aromatic carbocycles. The van der Waals surface area contributed by atoms with Crippen molar-refractivity contribution in [3.63, 3.8) is 0 Å². The van der Waals surface area contributed by atoms with Gasteiger partial charge in [-0.1, -0.05) is 0 Å². The number of amides is 1. The summed E-state index contributed by atoms with van der Waals surface area (Å²) in [5, 5.41) is 13.0. The fourth-order valence-electron chi connectivity index (χ4n) is 2.64. The first-order chi connectivity index (χ1) is 12.0. The number of hydrogen-bond donors (Lipinski definition) is 2. The van der Waals surface area contributed by atoms with Crippen LogP contribution in [0, 0.1) is 0 Å². The molecule has 1 amide bonds. The van der Waals surface area contributed by atoms with Gasteiger partial charge in [-0.2, -0.15) is 8.78 Å². The highest BCUT2D eigenvalue weighted by atomic mass is 19.3. The summed E-state index contributed by atoms with van der Waals surface area (Å²) in [6.45, 7) is 4.25. The molecule has 0 spiro atoms. The SMILES string of the molecule is CC1(C)OB(c2cc(O)c(C(=O)NC3CC3)c(OC(F)F)c2)OC1(C)C. The van der Waals surface area contributed by atoms with Crippen molar-refractivity contribution in [2.75, 3.05) is 0 Å². The lowest BCUT2D eigenvalue weighted by atomic mass is 9.78. The van der Waals surface area contributed by atoms with Gasteiger partial charge in [0.05, 0.1) is 11.2 Å². The van der Waals surface area contributed by atoms with Crippen molar-refractivity contribution in [3.8, 4) is 11.5 Å². The number of carbonyl (C=O) groups excluding carboxylic acids is 1. The van der Waals surface area contributed by atoms with Crippen molar-refractivity contribution in [2.45, 2.75) is 64.4 Å². The number of aromatic hydroxyl groups is 1. The second kappa shape index (κ2) is 6.38. The minimum absolute atomic E-state index is 0.00377. The molecular formula is C17H22BF2NO5. The summed E-state index contributed by atoms with van der Waals surface area (Å²) >= 11 is 0. The Kier molecular flexibility index (Phi) is 4.64. The number of phenolic OH excluding ortho intramolecular Hbond substituents is 1. The minimum atomic E-state index is -3.14. The molecular weight excluding hydrogens is 347 g/mol. The van der Waals surface area contributed by atoms with E-state index in [1.54, 1.807) is 0 Å². The molecule has 0 atom stereocenters. The zero-order chi connectivity index (χ0) is 19.3. The molecule has 6 nitrogen and oxygen atoms in total. The smallest absolute Gasteiger partial charge is 0.495 e. The van der Waals surface area contributed by atoms with Crippen LogP contribution in [0.4, 0.5) is 8.78 Å². The molecule has 1 aliphatic carbocycles. The van der Waals surface area contributed by atoms with Gasteiger partial charge >= 0.3 is 13.7 Å². The average molecular weight is 369 g/mol. The van der Waals surface area contributed by atoms with Gasteiger partial charge in [0, 0.05) is 6.04 Å². The van der Waals surface area contributed by atoms with Gasteiger partial charge in [-0.15, -0.1) is 0 Å². The summed E-state index contributed by atoms with van der Waals surface area (Å²) in [7, 11) is -0.883. The van der Waals surface area contributed by atoms with Gasteiger partial charge in [0.1, 0.15) is 17.1 Å². The first-order valence-corrected chi connectivity index (χ1v) is 8.48. The van der Waals surface area contributed by atoms with Gasteiger partial charge in [-0.3, -0.25) is 4.79 Å². The number of carbonyl (C=O) groups is 1. The predicted octanol–water partition coefficient (Wildman–Crippen LogP) is 2.18. The van der Waals surface area contributed by atoms with Gasteiger partial charge in [-0.25, -0.2) is 0 Å². The van der Waals surface area contributed by atoms with Crippen LogP contribution in [-0.4, -0.2) is 42.0 Å². The zero-order valence-corrected chi connectivity index (χ0v) is 15.1. The molecule has 1 aromatic rings. The van der Waals surface area contributed by atoms with Crippen LogP contribution in [-0.2, 0) is 9.31 Å². The summed E-state index contributed by atoms with van der Waals surface area (Å²) in [5.74, 6) is -1.53. The van der Waals surface area contributed by atoms with E-state index in [4.69, 9.17) is 9.31 Å². The Hall–Kier alpha value is -1.87. The fourth-order valence-corrected chi connectivity index (χ4v) is 2.64. The molecule has 2 aliphatic rings. The monoisotopic (exact) mass is 369 g/mol. The van der Waals surface area contributed by atoms with E-state index >= 15 is 0 Å². The number of halogens is 2. The predicted molar refractivity (Wildman–Crippen MR) is 90.9 cm³/mol. The van der Waals surface area contributed by atoms with Crippen LogP contribution in [0.3, 0.4) is 0 Å². The van der Waals surface area contributed by atoms with Crippen LogP contribution < -0.4 is 15.5 Å². The fraction of sp³-hybridized carbons (Fsp3) is 0.588. The zero-order valence-electron chi connectivity index (χ0n) is 15.1. The van der Waals surface area contributed by atoms with Crippen molar-refractivity contribution in [1.82, 2.24) is 5.32 Å². The molecule has 142 valence electrons. The highest BCUT2D eigenvalue weighted by molar-refractivity contribution is 6.62. The standard InChI is InChI=1S/C17H22BF2NO5/c1-16(2)17(3,4)26-18(25-16)9-7-11(22)13(12(8-9)24-15(19)20)14(23)21-10-5-6-10/h7-8,10,15,22H,5-6H2,1-4H3,(H,21,23). The van der Waals surface area contributed by atoms with E-state index < -0.39 is 42.3 Å². The maximum atomic E-state index is 12.8. The lowest BCUT2D eigenvalue weighted by Gasteiger charge is -2.32. The van der Waals surface area contributed by atoms with E-state index in [0.717, 1.165) is 12.8 Å². The van der Waals surface area contributed by atoms with Crippen LogP contribution in [0.15, 0.2) is 12.1 Å². The van der Waals surface area contributed by atoms with Crippen molar-refractivity contribution in [2.24, 2.45) is 0 Å². The molecule has 1 heterocycles. The maximum Gasteiger partial charge on any atom is 0.495 e. The Morgan fingerprint density at radius 3 is 2.35 bits per heavy atom. The van der Waals surface area contributed by atoms with Crippen molar-refractivity contribution in [1.29, 1.82) is 0 Å². The number of benzene rings is 1. The van der Waals surface area contributed by atoms with Crippen LogP contribution >= 0.6 is 0 Å². The molecule has 0 radical (unpaired) electrons. The molecule has 1 aliphatic heterocycles. The Morgan fingerprint density at radius 1 is 1.27 bits per heavy atom. The van der Waals surface area contributed by atoms with Gasteiger partial charge in [0.25, 0.3) is 5.91 Å². The topological polar surface area (TPSA) is 77.0 Å². The van der Waals surface area contributed by atoms with Crippen LogP contribution in [0.2, 0.25) is 0 Å². The molecule has 1 saturated carbocycles. The summed E-state index contributed by atoms with van der Waals surface area (Å²) in [5.41, 5.74) is -1.31. The molecule has 0 unspecified atom stereocenters. The second-order valence-corrected chi connectivity index (χ2v) is 7.63. The normalized spacial score (nSPS) is 21.1. The highest BCUT2D eigenvalue weighted by Crippen LogP contribution is 2.38. The molecule has 0 bridgehead atoms. The molecule has 2 N–H and O–H groups in total. The average Bonchev–Trinajstić information content (AvgIpc) is 3.24. The third-order valence-electron chi connectivity index (χ3n) is 4.98. The summed E-state index contributed by atoms with van der Waals surface area (Å²) in [6, 6.07) is 2.53. The number of alkyl halides is 2. The van der Waals surface area contributed by atoms with E-state index in [1.807, 2.05) is 27.7 Å². The van der Waals surface area contributed by atoms with E-state index in [-0.39, 0.29) is 11.6 Å². The van der Waals surface area contributed by atoms with E-state index in [0.29, 0.717) is 5.46 Å². The maximum absolute atomic E-state index is 12.8. The number of phenols is 1. The van der Waals surface area contributed by atoms with Gasteiger partial charge in [-0.05, 0) is 58.1 Å². The number of nitrogens with one attached hydrogen (secondary N) is 1. The minimum Gasteiger partial charge on any atom is -0.507 e. The second-order valence-electron chi connectivity index (χ2n) is 7.63. The molecule has 9 heteroatoms. The Labute approximate surface area is 151 Å². The quantitative estimate of drug-likeness (QED) is 0.779. The molecule has 0 aromatic heterocycles. The lowest BCUT2D eigenvalue weighted by Crippen LogP contribution is -2.41. The Bertz CT molecular complexity index is 705. The van der Waals surface area contributed by atoms with Crippen molar-refractivity contribution < 1.29 is 32.7 Å². The largest absolute Gasteiger partial charge is 0.507 e. The molecule has 3 rings (SSSR count). The van der Waals surface area contributed by atoms with Crippen LogP contribution in [0.1, 0.15) is 50.9 Å². The summed E-state index contributed by atoms with van der Waals surface area (Å²) in [4.78, 5) is 12.3. The molecule has 1 saturated heterocycles. The van der Waals surface area contributed by atoms with Crippen molar-refractivity contribution in [3.05, 3.63) is 17.7 Å². The number of hydrogen-bond acceptors (Lipinski definition) is 5. The first-order valence-electron chi connectivity index (χ1n) is 8.48.